The fraction of sp³-hybridized carbons (Fsp3) is 0.273. The van der Waals surface area contributed by atoms with E-state index in [4.69, 9.17) is 11.6 Å². The first-order chi connectivity index (χ1) is 14.7. The zero-order valence-corrected chi connectivity index (χ0v) is 18.5. The maximum Gasteiger partial charge on any atom is 0.275 e. The van der Waals surface area contributed by atoms with Crippen molar-refractivity contribution in [2.75, 3.05) is 6.54 Å². The van der Waals surface area contributed by atoms with Gasteiger partial charge in [-0.05, 0) is 51.0 Å². The van der Waals surface area contributed by atoms with Crippen molar-refractivity contribution in [1.29, 1.82) is 0 Å². The van der Waals surface area contributed by atoms with Gasteiger partial charge in [0.2, 0.25) is 0 Å². The average Bonchev–Trinajstić information content (AvgIpc) is 3.32. The van der Waals surface area contributed by atoms with Crippen molar-refractivity contribution < 1.29 is 4.79 Å². The number of aromatic amines is 1. The number of nitrogens with zero attached hydrogens (tertiary/aromatic N) is 4. The van der Waals surface area contributed by atoms with Crippen LogP contribution in [-0.2, 0) is 0 Å². The Bertz CT molecular complexity index is 1330. The summed E-state index contributed by atoms with van der Waals surface area (Å²) < 4.78 is 3.16. The number of H-pyrrole nitrogens is 1. The summed E-state index contributed by atoms with van der Waals surface area (Å²) in [6.07, 6.45) is 3.29. The molecule has 160 valence electrons. The van der Waals surface area contributed by atoms with Crippen molar-refractivity contribution in [3.8, 4) is 11.4 Å². The van der Waals surface area contributed by atoms with E-state index in [1.807, 2.05) is 45.9 Å². The highest BCUT2D eigenvalue weighted by Crippen LogP contribution is 2.19. The Balaban J connectivity index is 1.55. The highest BCUT2D eigenvalue weighted by atomic mass is 35.5. The SMILES string of the molecule is Cc1ccc(-c2nn3cc(C(=O)NCC(C)n4cc(Cl)c(C)n4)cc3c(=O)[nH]2)cc1C. The summed E-state index contributed by atoms with van der Waals surface area (Å²) in [6.45, 7) is 8.15. The zero-order valence-electron chi connectivity index (χ0n) is 17.7. The molecule has 9 heteroatoms. The van der Waals surface area contributed by atoms with Crippen LogP contribution in [0.2, 0.25) is 5.02 Å². The first-order valence-corrected chi connectivity index (χ1v) is 10.3. The number of rotatable bonds is 5. The molecule has 2 N–H and O–H groups in total. The second kappa shape index (κ2) is 8.03. The first kappa shape index (κ1) is 20.9. The molecule has 0 aliphatic carbocycles. The van der Waals surface area contributed by atoms with Gasteiger partial charge in [-0.2, -0.15) is 5.10 Å². The smallest absolute Gasteiger partial charge is 0.275 e. The second-order valence-electron chi connectivity index (χ2n) is 7.76. The van der Waals surface area contributed by atoms with Crippen LogP contribution in [0.25, 0.3) is 16.9 Å². The summed E-state index contributed by atoms with van der Waals surface area (Å²) in [5.41, 5.74) is 4.17. The number of halogens is 1. The first-order valence-electron chi connectivity index (χ1n) is 9.92. The maximum absolute atomic E-state index is 12.7. The van der Waals surface area contributed by atoms with Gasteiger partial charge in [0.25, 0.3) is 11.5 Å². The van der Waals surface area contributed by atoms with Crippen LogP contribution in [0.3, 0.4) is 0 Å². The standard InChI is InChI=1S/C22H23ClN6O2/c1-12-5-6-16(7-13(12)2)20-25-22(31)19-8-17(10-29(19)27-20)21(30)24-9-14(3)28-11-18(23)15(4)26-28/h5-8,10-11,14H,9H2,1-4H3,(H,24,30)(H,25,27,31). The molecule has 4 aromatic rings. The third kappa shape index (κ3) is 4.11. The van der Waals surface area contributed by atoms with Gasteiger partial charge in [0, 0.05) is 24.5 Å². The van der Waals surface area contributed by atoms with Crippen molar-refractivity contribution in [3.63, 3.8) is 0 Å². The van der Waals surface area contributed by atoms with E-state index in [1.165, 1.54) is 10.6 Å². The monoisotopic (exact) mass is 438 g/mol. The minimum atomic E-state index is -0.308. The summed E-state index contributed by atoms with van der Waals surface area (Å²) in [4.78, 5) is 28.0. The highest BCUT2D eigenvalue weighted by Gasteiger charge is 2.15. The van der Waals surface area contributed by atoms with Crippen molar-refractivity contribution in [3.05, 3.63) is 74.4 Å². The Morgan fingerprint density at radius 2 is 1.94 bits per heavy atom. The van der Waals surface area contributed by atoms with Gasteiger partial charge in [0.05, 0.1) is 22.3 Å². The van der Waals surface area contributed by atoms with Gasteiger partial charge in [-0.3, -0.25) is 14.3 Å². The van der Waals surface area contributed by atoms with E-state index in [9.17, 15) is 9.59 Å². The number of nitrogens with one attached hydrogen (secondary N) is 2. The molecular weight excluding hydrogens is 416 g/mol. The number of fused-ring (bicyclic) bond motifs is 1. The van der Waals surface area contributed by atoms with Gasteiger partial charge in [-0.15, -0.1) is 5.10 Å². The van der Waals surface area contributed by atoms with E-state index in [0.717, 1.165) is 22.4 Å². The zero-order chi connectivity index (χ0) is 22.3. The van der Waals surface area contributed by atoms with Gasteiger partial charge in [0.15, 0.2) is 5.82 Å². The molecule has 1 aromatic carbocycles. The Morgan fingerprint density at radius 3 is 2.61 bits per heavy atom. The predicted octanol–water partition coefficient (Wildman–Crippen LogP) is 3.46. The quantitative estimate of drug-likeness (QED) is 0.498. The lowest BCUT2D eigenvalue weighted by Gasteiger charge is -2.12. The van der Waals surface area contributed by atoms with Crippen LogP contribution in [0.15, 0.2) is 41.5 Å². The molecule has 3 heterocycles. The summed E-state index contributed by atoms with van der Waals surface area (Å²) >= 11 is 6.05. The molecule has 0 saturated carbocycles. The molecular formula is C22H23ClN6O2. The number of hydrogen-bond donors (Lipinski definition) is 2. The summed E-state index contributed by atoms with van der Waals surface area (Å²) in [5.74, 6) is 0.155. The Morgan fingerprint density at radius 1 is 1.16 bits per heavy atom. The molecule has 1 atom stereocenters. The molecule has 0 spiro atoms. The number of amides is 1. The van der Waals surface area contributed by atoms with Crippen LogP contribution < -0.4 is 10.9 Å². The molecule has 1 amide bonds. The molecule has 0 aliphatic heterocycles. The van der Waals surface area contributed by atoms with Gasteiger partial charge in [-0.25, -0.2) is 4.52 Å². The molecule has 8 nitrogen and oxygen atoms in total. The van der Waals surface area contributed by atoms with Crippen LogP contribution >= 0.6 is 11.6 Å². The van der Waals surface area contributed by atoms with Crippen molar-refractivity contribution in [2.24, 2.45) is 0 Å². The van der Waals surface area contributed by atoms with Gasteiger partial charge < -0.3 is 10.3 Å². The van der Waals surface area contributed by atoms with Crippen LogP contribution in [0, 0.1) is 20.8 Å². The van der Waals surface area contributed by atoms with E-state index in [2.05, 4.69) is 20.5 Å². The lowest BCUT2D eigenvalue weighted by atomic mass is 10.1. The number of carbonyl (C=O) groups excluding carboxylic acids is 1. The number of carbonyl (C=O) groups is 1. The summed E-state index contributed by atoms with van der Waals surface area (Å²) in [5, 5.41) is 12.3. The van der Waals surface area contributed by atoms with Crippen molar-refractivity contribution >= 4 is 23.0 Å². The maximum atomic E-state index is 12.7. The van der Waals surface area contributed by atoms with E-state index in [0.29, 0.717) is 28.5 Å². The Kier molecular flexibility index (Phi) is 5.41. The van der Waals surface area contributed by atoms with Crippen LogP contribution in [0.4, 0.5) is 0 Å². The van der Waals surface area contributed by atoms with E-state index in [1.54, 1.807) is 17.1 Å². The van der Waals surface area contributed by atoms with Crippen LogP contribution in [-0.4, -0.2) is 36.8 Å². The lowest BCUT2D eigenvalue weighted by molar-refractivity contribution is 0.0948. The summed E-state index contributed by atoms with van der Waals surface area (Å²) in [7, 11) is 0. The predicted molar refractivity (Wildman–Crippen MR) is 120 cm³/mol. The molecule has 3 aromatic heterocycles. The number of hydrogen-bond acceptors (Lipinski definition) is 4. The second-order valence-corrected chi connectivity index (χ2v) is 8.17. The van der Waals surface area contributed by atoms with Gasteiger partial charge >= 0.3 is 0 Å². The highest BCUT2D eigenvalue weighted by molar-refractivity contribution is 6.31. The van der Waals surface area contributed by atoms with E-state index < -0.39 is 0 Å². The third-order valence-electron chi connectivity index (χ3n) is 5.38. The summed E-state index contributed by atoms with van der Waals surface area (Å²) in [6, 6.07) is 7.32. The minimum absolute atomic E-state index is 0.0786. The lowest BCUT2D eigenvalue weighted by Crippen LogP contribution is -2.29. The molecule has 0 bridgehead atoms. The topological polar surface area (TPSA) is 97.1 Å². The minimum Gasteiger partial charge on any atom is -0.350 e. The third-order valence-corrected chi connectivity index (χ3v) is 5.75. The molecule has 4 rings (SSSR count). The van der Waals surface area contributed by atoms with E-state index >= 15 is 0 Å². The Hall–Kier alpha value is -3.39. The van der Waals surface area contributed by atoms with Gasteiger partial charge in [-0.1, -0.05) is 23.7 Å². The fourth-order valence-corrected chi connectivity index (χ4v) is 3.41. The Labute approximate surface area is 183 Å². The van der Waals surface area contributed by atoms with Crippen molar-refractivity contribution in [1.82, 2.24) is 29.7 Å². The average molecular weight is 439 g/mol. The number of aryl methyl sites for hydroxylation is 3. The molecule has 0 saturated heterocycles. The number of benzene rings is 1. The van der Waals surface area contributed by atoms with E-state index in [-0.39, 0.29) is 17.5 Å². The van der Waals surface area contributed by atoms with Crippen molar-refractivity contribution in [2.45, 2.75) is 33.7 Å². The van der Waals surface area contributed by atoms with Crippen LogP contribution in [0.1, 0.15) is 40.1 Å². The number of aromatic nitrogens is 5. The largest absolute Gasteiger partial charge is 0.350 e. The molecule has 1 unspecified atom stereocenters. The van der Waals surface area contributed by atoms with Crippen LogP contribution in [0.5, 0.6) is 0 Å². The normalized spacial score (nSPS) is 12.3. The molecule has 0 fully saturated rings. The molecule has 0 radical (unpaired) electrons. The fourth-order valence-electron chi connectivity index (χ4n) is 3.27. The molecule has 31 heavy (non-hydrogen) atoms. The molecule has 0 aliphatic rings. The van der Waals surface area contributed by atoms with Gasteiger partial charge in [0.1, 0.15) is 5.52 Å².